The second kappa shape index (κ2) is 10.3. The summed E-state index contributed by atoms with van der Waals surface area (Å²) in [5.74, 6) is 1.86. The number of hydrogen-bond acceptors (Lipinski definition) is 2. The van der Waals surface area contributed by atoms with E-state index >= 15 is 0 Å². The van der Waals surface area contributed by atoms with Gasteiger partial charge in [0.05, 0.1) is 0 Å². The molecule has 2 heteroatoms. The smallest absolute Gasteiger partial charge is 0.0159 e. The minimum absolute atomic E-state index is 0.0377. The first-order valence-electron chi connectivity index (χ1n) is 12.7. The van der Waals surface area contributed by atoms with E-state index in [4.69, 9.17) is 0 Å². The fourth-order valence-corrected chi connectivity index (χ4v) is 5.79. The van der Waals surface area contributed by atoms with E-state index in [9.17, 15) is 0 Å². The molecule has 0 nitrogen and oxygen atoms in total. The molecule has 4 aromatic rings. The fourth-order valence-electron chi connectivity index (χ4n) is 5.48. The van der Waals surface area contributed by atoms with E-state index in [1.54, 1.807) is 0 Å². The molecule has 0 aromatic heterocycles. The molecule has 0 atom stereocenters. The van der Waals surface area contributed by atoms with Crippen LogP contribution in [0.2, 0.25) is 0 Å². The normalized spacial score (nSPS) is 13.5. The molecular formula is C33H34S2. The largest absolute Gasteiger partial charge is 0.179 e. The van der Waals surface area contributed by atoms with E-state index in [0.29, 0.717) is 0 Å². The van der Waals surface area contributed by atoms with Gasteiger partial charge in [0.1, 0.15) is 0 Å². The second-order valence-corrected chi connectivity index (χ2v) is 11.1. The summed E-state index contributed by atoms with van der Waals surface area (Å²) < 4.78 is 0. The van der Waals surface area contributed by atoms with E-state index < -0.39 is 0 Å². The lowest BCUT2D eigenvalue weighted by atomic mass is 9.80. The minimum Gasteiger partial charge on any atom is -0.179 e. The highest BCUT2D eigenvalue weighted by Crippen LogP contribution is 2.50. The van der Waals surface area contributed by atoms with Crippen LogP contribution in [0.25, 0.3) is 33.4 Å². The highest BCUT2D eigenvalue weighted by atomic mass is 32.1. The summed E-state index contributed by atoms with van der Waals surface area (Å²) in [5, 5.41) is 0. The van der Waals surface area contributed by atoms with Gasteiger partial charge in [-0.1, -0.05) is 86.6 Å². The first-order valence-corrected chi connectivity index (χ1v) is 14.0. The molecule has 0 aliphatic heterocycles. The molecule has 0 spiro atoms. The Morgan fingerprint density at radius 1 is 0.543 bits per heavy atom. The third-order valence-corrected chi connectivity index (χ3v) is 8.08. The third kappa shape index (κ3) is 4.84. The van der Waals surface area contributed by atoms with Crippen LogP contribution in [0.3, 0.4) is 0 Å². The van der Waals surface area contributed by atoms with Gasteiger partial charge < -0.3 is 0 Å². The maximum Gasteiger partial charge on any atom is 0.0159 e. The SMILES string of the molecule is CC1(C)c2cc(-c3cccc(CCCS)c3)ccc2-c2ccc(-c3cccc(CCCS)c3)cc21. The summed E-state index contributed by atoms with van der Waals surface area (Å²) >= 11 is 8.76. The first-order chi connectivity index (χ1) is 17.0. The highest BCUT2D eigenvalue weighted by molar-refractivity contribution is 7.80. The molecule has 4 aromatic carbocycles. The molecule has 0 fully saturated rings. The number of aryl methyl sites for hydroxylation is 2. The van der Waals surface area contributed by atoms with Crippen LogP contribution in [0.4, 0.5) is 0 Å². The highest BCUT2D eigenvalue weighted by Gasteiger charge is 2.35. The molecule has 0 saturated carbocycles. The molecule has 0 N–H and O–H groups in total. The monoisotopic (exact) mass is 494 g/mol. The quantitative estimate of drug-likeness (QED) is 0.224. The summed E-state index contributed by atoms with van der Waals surface area (Å²) in [6.45, 7) is 4.74. The van der Waals surface area contributed by atoms with Crippen molar-refractivity contribution in [2.45, 2.75) is 44.9 Å². The van der Waals surface area contributed by atoms with Gasteiger partial charge >= 0.3 is 0 Å². The molecule has 0 heterocycles. The van der Waals surface area contributed by atoms with Crippen molar-refractivity contribution in [2.24, 2.45) is 0 Å². The minimum atomic E-state index is -0.0377. The molecule has 0 radical (unpaired) electrons. The zero-order chi connectivity index (χ0) is 24.4. The third-order valence-electron chi connectivity index (χ3n) is 7.44. The lowest BCUT2D eigenvalue weighted by molar-refractivity contribution is 0.661. The van der Waals surface area contributed by atoms with Crippen molar-refractivity contribution < 1.29 is 0 Å². The van der Waals surface area contributed by atoms with Crippen molar-refractivity contribution in [1.82, 2.24) is 0 Å². The average Bonchev–Trinajstić information content (AvgIpc) is 3.12. The van der Waals surface area contributed by atoms with E-state index in [-0.39, 0.29) is 5.41 Å². The van der Waals surface area contributed by atoms with Crippen LogP contribution in [0.15, 0.2) is 84.9 Å². The molecule has 35 heavy (non-hydrogen) atoms. The van der Waals surface area contributed by atoms with Gasteiger partial charge in [-0.05, 0) is 105 Å². The first kappa shape index (κ1) is 24.3. The predicted octanol–water partition coefficient (Wildman–Crippen LogP) is 9.05. The van der Waals surface area contributed by atoms with Crippen molar-refractivity contribution in [3.8, 4) is 33.4 Å². The standard InChI is InChI=1S/C33H34S2/c1-33(2)31-21-27(25-11-3-7-23(19-25)9-5-17-34)13-15-29(31)30-16-14-28(22-32(30)33)26-12-4-8-24(20-26)10-6-18-35/h3-4,7-8,11-16,19-22,34-35H,5-6,9-10,17-18H2,1-2H3. The Morgan fingerprint density at radius 2 is 0.971 bits per heavy atom. The lowest BCUT2D eigenvalue weighted by Gasteiger charge is -2.23. The number of rotatable bonds is 8. The molecule has 1 aliphatic carbocycles. The Balaban J connectivity index is 1.50. The molecule has 5 rings (SSSR count). The van der Waals surface area contributed by atoms with Crippen molar-refractivity contribution in [3.05, 3.63) is 107 Å². The molecule has 0 saturated heterocycles. The number of benzene rings is 4. The average molecular weight is 495 g/mol. The Labute approximate surface area is 221 Å². The van der Waals surface area contributed by atoms with Crippen LogP contribution in [-0.2, 0) is 18.3 Å². The van der Waals surface area contributed by atoms with Crippen LogP contribution in [0, 0.1) is 0 Å². The van der Waals surface area contributed by atoms with Gasteiger partial charge in [-0.3, -0.25) is 0 Å². The van der Waals surface area contributed by atoms with Crippen molar-refractivity contribution in [2.75, 3.05) is 11.5 Å². The van der Waals surface area contributed by atoms with E-state index in [1.165, 1.54) is 55.6 Å². The van der Waals surface area contributed by atoms with Crippen LogP contribution < -0.4 is 0 Å². The molecule has 1 aliphatic rings. The van der Waals surface area contributed by atoms with Crippen LogP contribution >= 0.6 is 25.3 Å². The summed E-state index contributed by atoms with van der Waals surface area (Å²) in [7, 11) is 0. The van der Waals surface area contributed by atoms with Gasteiger partial charge in [-0.15, -0.1) is 0 Å². The number of thiol groups is 2. The molecule has 0 bridgehead atoms. The zero-order valence-corrected chi connectivity index (χ0v) is 22.5. The van der Waals surface area contributed by atoms with Gasteiger partial charge in [0.15, 0.2) is 0 Å². The number of fused-ring (bicyclic) bond motifs is 3. The molecule has 0 unspecified atom stereocenters. The Kier molecular flexibility index (Phi) is 7.14. The van der Waals surface area contributed by atoms with Gasteiger partial charge in [0.25, 0.3) is 0 Å². The van der Waals surface area contributed by atoms with E-state index in [2.05, 4.69) is 124 Å². The fraction of sp³-hybridized carbons (Fsp3) is 0.273. The van der Waals surface area contributed by atoms with Crippen molar-refractivity contribution in [3.63, 3.8) is 0 Å². The van der Waals surface area contributed by atoms with Crippen LogP contribution in [-0.4, -0.2) is 11.5 Å². The lowest BCUT2D eigenvalue weighted by Crippen LogP contribution is -2.15. The summed E-state index contributed by atoms with van der Waals surface area (Å²) in [6.07, 6.45) is 4.38. The second-order valence-electron chi connectivity index (χ2n) is 10.2. The van der Waals surface area contributed by atoms with Crippen molar-refractivity contribution in [1.29, 1.82) is 0 Å². The van der Waals surface area contributed by atoms with Gasteiger partial charge in [-0.25, -0.2) is 0 Å². The predicted molar refractivity (Wildman–Crippen MR) is 159 cm³/mol. The molecule has 178 valence electrons. The molecule has 0 amide bonds. The van der Waals surface area contributed by atoms with Crippen LogP contribution in [0.5, 0.6) is 0 Å². The Bertz CT molecular complexity index is 1250. The summed E-state index contributed by atoms with van der Waals surface area (Å²) in [6, 6.07) is 32.1. The number of hydrogen-bond donors (Lipinski definition) is 2. The maximum absolute atomic E-state index is 4.38. The molecular weight excluding hydrogens is 460 g/mol. The zero-order valence-electron chi connectivity index (χ0n) is 20.7. The van der Waals surface area contributed by atoms with Crippen LogP contribution in [0.1, 0.15) is 48.9 Å². The van der Waals surface area contributed by atoms with Crippen molar-refractivity contribution >= 4 is 25.3 Å². The van der Waals surface area contributed by atoms with Gasteiger partial charge in [-0.2, -0.15) is 25.3 Å². The summed E-state index contributed by atoms with van der Waals surface area (Å²) in [5.41, 5.74) is 13.5. The Morgan fingerprint density at radius 3 is 1.40 bits per heavy atom. The van der Waals surface area contributed by atoms with Gasteiger partial charge in [0, 0.05) is 5.41 Å². The summed E-state index contributed by atoms with van der Waals surface area (Å²) in [4.78, 5) is 0. The maximum atomic E-state index is 4.38. The van der Waals surface area contributed by atoms with E-state index in [1.807, 2.05) is 0 Å². The topological polar surface area (TPSA) is 0 Å². The van der Waals surface area contributed by atoms with E-state index in [0.717, 1.165) is 37.2 Å². The Hall–Kier alpha value is -2.42. The van der Waals surface area contributed by atoms with Gasteiger partial charge in [0.2, 0.25) is 0 Å².